The SMILES string of the molecule is CN(Cc1ccccc1)C(=O)c1ccccc1NC(=O)C1CCN(C(=O)c2cccc(F)c2)CC1. The summed E-state index contributed by atoms with van der Waals surface area (Å²) in [6.07, 6.45) is 0.994. The molecule has 0 saturated carbocycles. The maximum atomic E-state index is 13.5. The molecular weight excluding hydrogens is 445 g/mol. The van der Waals surface area contributed by atoms with Gasteiger partial charge in [-0.25, -0.2) is 4.39 Å². The van der Waals surface area contributed by atoms with Crippen molar-refractivity contribution in [3.05, 3.63) is 101 Å². The molecule has 0 radical (unpaired) electrons. The number of hydrogen-bond acceptors (Lipinski definition) is 3. The molecule has 0 bridgehead atoms. The van der Waals surface area contributed by atoms with Gasteiger partial charge in [0.05, 0.1) is 11.3 Å². The number of halogens is 1. The molecule has 0 unspecified atom stereocenters. The van der Waals surface area contributed by atoms with Crippen molar-refractivity contribution in [1.82, 2.24) is 9.80 Å². The second kappa shape index (κ2) is 11.0. The number of hydrogen-bond donors (Lipinski definition) is 1. The third kappa shape index (κ3) is 5.93. The van der Waals surface area contributed by atoms with Crippen LogP contribution in [-0.2, 0) is 11.3 Å². The molecule has 6 nitrogen and oxygen atoms in total. The molecule has 1 N–H and O–H groups in total. The summed E-state index contributed by atoms with van der Waals surface area (Å²) in [7, 11) is 1.74. The van der Waals surface area contributed by atoms with E-state index in [1.54, 1.807) is 47.2 Å². The Hall–Kier alpha value is -4.00. The molecule has 0 aromatic heterocycles. The molecule has 0 aliphatic carbocycles. The predicted octanol–water partition coefficient (Wildman–Crippen LogP) is 4.59. The largest absolute Gasteiger partial charge is 0.339 e. The Morgan fingerprint density at radius 1 is 0.943 bits per heavy atom. The quantitative estimate of drug-likeness (QED) is 0.569. The number of amides is 3. The third-order valence-corrected chi connectivity index (χ3v) is 6.25. The van der Waals surface area contributed by atoms with E-state index in [9.17, 15) is 18.8 Å². The van der Waals surface area contributed by atoms with E-state index in [2.05, 4.69) is 5.32 Å². The van der Waals surface area contributed by atoms with Crippen molar-refractivity contribution in [1.29, 1.82) is 0 Å². The lowest BCUT2D eigenvalue weighted by Gasteiger charge is -2.31. The van der Waals surface area contributed by atoms with Gasteiger partial charge in [-0.05, 0) is 48.7 Å². The zero-order chi connectivity index (χ0) is 24.8. The Labute approximate surface area is 204 Å². The summed E-state index contributed by atoms with van der Waals surface area (Å²) in [5.74, 6) is -1.32. The minimum atomic E-state index is -0.451. The van der Waals surface area contributed by atoms with Gasteiger partial charge in [-0.2, -0.15) is 0 Å². The summed E-state index contributed by atoms with van der Waals surface area (Å²) in [5.41, 5.74) is 2.23. The van der Waals surface area contributed by atoms with Gasteiger partial charge in [-0.3, -0.25) is 14.4 Å². The van der Waals surface area contributed by atoms with Crippen molar-refractivity contribution in [2.75, 3.05) is 25.5 Å². The number of carbonyl (C=O) groups is 3. The highest BCUT2D eigenvalue weighted by atomic mass is 19.1. The Bertz CT molecular complexity index is 1210. The van der Waals surface area contributed by atoms with Crippen LogP contribution in [0.3, 0.4) is 0 Å². The molecule has 3 aromatic rings. The number of nitrogens with zero attached hydrogens (tertiary/aromatic N) is 2. The second-order valence-electron chi connectivity index (χ2n) is 8.76. The van der Waals surface area contributed by atoms with Gasteiger partial charge in [-0.1, -0.05) is 48.5 Å². The zero-order valence-electron chi connectivity index (χ0n) is 19.6. The molecule has 0 atom stereocenters. The lowest BCUT2D eigenvalue weighted by Crippen LogP contribution is -2.41. The number of benzene rings is 3. The molecule has 1 aliphatic rings. The van der Waals surface area contributed by atoms with Crippen molar-refractivity contribution >= 4 is 23.4 Å². The van der Waals surface area contributed by atoms with Crippen LogP contribution in [0.1, 0.15) is 39.1 Å². The minimum absolute atomic E-state index is 0.172. The van der Waals surface area contributed by atoms with Gasteiger partial charge in [-0.15, -0.1) is 0 Å². The number of carbonyl (C=O) groups excluding carboxylic acids is 3. The third-order valence-electron chi connectivity index (χ3n) is 6.25. The molecule has 1 fully saturated rings. The first-order chi connectivity index (χ1) is 16.9. The molecule has 3 amide bonds. The first-order valence-corrected chi connectivity index (χ1v) is 11.7. The molecule has 7 heteroatoms. The normalized spacial score (nSPS) is 13.8. The van der Waals surface area contributed by atoms with E-state index in [0.717, 1.165) is 5.56 Å². The number of anilines is 1. The minimum Gasteiger partial charge on any atom is -0.339 e. The van der Waals surface area contributed by atoms with Crippen LogP contribution in [0.4, 0.5) is 10.1 Å². The standard InChI is InChI=1S/C28H28FN3O3/c1-31(19-20-8-3-2-4-9-20)28(35)24-12-5-6-13-25(24)30-26(33)21-14-16-32(17-15-21)27(34)22-10-7-11-23(29)18-22/h2-13,18,21H,14-17,19H2,1H3,(H,30,33). The van der Waals surface area contributed by atoms with E-state index in [4.69, 9.17) is 0 Å². The Morgan fingerprint density at radius 3 is 2.34 bits per heavy atom. The van der Waals surface area contributed by atoms with E-state index >= 15 is 0 Å². The van der Waals surface area contributed by atoms with Gasteiger partial charge in [0, 0.05) is 38.2 Å². The van der Waals surface area contributed by atoms with Gasteiger partial charge in [0.15, 0.2) is 0 Å². The molecule has 4 rings (SSSR count). The van der Waals surface area contributed by atoms with Crippen LogP contribution >= 0.6 is 0 Å². The van der Waals surface area contributed by atoms with Crippen LogP contribution in [-0.4, -0.2) is 47.7 Å². The van der Waals surface area contributed by atoms with Gasteiger partial charge in [0.1, 0.15) is 5.82 Å². The monoisotopic (exact) mass is 473 g/mol. The summed E-state index contributed by atoms with van der Waals surface area (Å²) in [6, 6.07) is 22.3. The fourth-order valence-corrected chi connectivity index (χ4v) is 4.30. The number of nitrogens with one attached hydrogen (secondary N) is 1. The van der Waals surface area contributed by atoms with Crippen molar-refractivity contribution in [2.24, 2.45) is 5.92 Å². The van der Waals surface area contributed by atoms with Crippen molar-refractivity contribution in [3.63, 3.8) is 0 Å². The smallest absolute Gasteiger partial charge is 0.256 e. The van der Waals surface area contributed by atoms with Crippen molar-refractivity contribution < 1.29 is 18.8 Å². The molecule has 1 saturated heterocycles. The van der Waals surface area contributed by atoms with Gasteiger partial charge < -0.3 is 15.1 Å². The highest BCUT2D eigenvalue weighted by Crippen LogP contribution is 2.24. The van der Waals surface area contributed by atoms with Gasteiger partial charge in [0.25, 0.3) is 11.8 Å². The highest BCUT2D eigenvalue weighted by molar-refractivity contribution is 6.04. The van der Waals surface area contributed by atoms with E-state index < -0.39 is 5.82 Å². The summed E-state index contributed by atoms with van der Waals surface area (Å²) in [4.78, 5) is 42.0. The fraction of sp³-hybridized carbons (Fsp3) is 0.250. The highest BCUT2D eigenvalue weighted by Gasteiger charge is 2.29. The average molecular weight is 474 g/mol. The maximum Gasteiger partial charge on any atom is 0.256 e. The second-order valence-corrected chi connectivity index (χ2v) is 8.76. The van der Waals surface area contributed by atoms with Gasteiger partial charge in [0.2, 0.25) is 5.91 Å². The van der Waals surface area contributed by atoms with Crippen LogP contribution in [0, 0.1) is 11.7 Å². The summed E-state index contributed by atoms with van der Waals surface area (Å²) >= 11 is 0. The molecule has 0 spiro atoms. The molecule has 1 aliphatic heterocycles. The number of para-hydroxylation sites is 1. The van der Waals surface area contributed by atoms with E-state index in [-0.39, 0.29) is 23.6 Å². The van der Waals surface area contributed by atoms with Crippen LogP contribution in [0.15, 0.2) is 78.9 Å². The topological polar surface area (TPSA) is 69.7 Å². The lowest BCUT2D eigenvalue weighted by molar-refractivity contribution is -0.121. The Morgan fingerprint density at radius 2 is 1.63 bits per heavy atom. The predicted molar refractivity (Wildman–Crippen MR) is 132 cm³/mol. The fourth-order valence-electron chi connectivity index (χ4n) is 4.30. The summed E-state index contributed by atoms with van der Waals surface area (Å²) in [5, 5.41) is 2.92. The zero-order valence-corrected chi connectivity index (χ0v) is 19.6. The number of rotatable bonds is 6. The van der Waals surface area contributed by atoms with Gasteiger partial charge >= 0.3 is 0 Å². The van der Waals surface area contributed by atoms with Crippen molar-refractivity contribution in [3.8, 4) is 0 Å². The summed E-state index contributed by atoms with van der Waals surface area (Å²) < 4.78 is 13.5. The Balaban J connectivity index is 1.37. The molecule has 1 heterocycles. The molecule has 35 heavy (non-hydrogen) atoms. The first-order valence-electron chi connectivity index (χ1n) is 11.7. The van der Waals surface area contributed by atoms with Crippen LogP contribution < -0.4 is 5.32 Å². The molecular formula is C28H28FN3O3. The number of likely N-dealkylation sites (tertiary alicyclic amines) is 1. The maximum absolute atomic E-state index is 13.5. The average Bonchev–Trinajstić information content (AvgIpc) is 2.89. The van der Waals surface area contributed by atoms with E-state index in [1.807, 2.05) is 30.3 Å². The van der Waals surface area contributed by atoms with E-state index in [1.165, 1.54) is 18.2 Å². The summed E-state index contributed by atoms with van der Waals surface area (Å²) in [6.45, 7) is 1.28. The molecule has 180 valence electrons. The van der Waals surface area contributed by atoms with Crippen LogP contribution in [0.25, 0.3) is 0 Å². The lowest BCUT2D eigenvalue weighted by atomic mass is 9.95. The van der Waals surface area contributed by atoms with E-state index in [0.29, 0.717) is 49.3 Å². The molecule has 3 aromatic carbocycles. The van der Waals surface area contributed by atoms with Crippen molar-refractivity contribution in [2.45, 2.75) is 19.4 Å². The first kappa shape index (κ1) is 24.1. The Kier molecular flexibility index (Phi) is 7.55. The van der Waals surface area contributed by atoms with Crippen LogP contribution in [0.2, 0.25) is 0 Å². The number of piperidine rings is 1. The van der Waals surface area contributed by atoms with Crippen LogP contribution in [0.5, 0.6) is 0 Å².